The summed E-state index contributed by atoms with van der Waals surface area (Å²) in [5.74, 6) is 1.35. The van der Waals surface area contributed by atoms with E-state index >= 15 is 0 Å². The lowest BCUT2D eigenvalue weighted by Gasteiger charge is -2.30. The molecule has 0 unspecified atom stereocenters. The van der Waals surface area contributed by atoms with Crippen LogP contribution in [0.15, 0.2) is 12.3 Å². The van der Waals surface area contributed by atoms with E-state index in [1.807, 2.05) is 55.8 Å². The van der Waals surface area contributed by atoms with Gasteiger partial charge >= 0.3 is 0 Å². The van der Waals surface area contributed by atoms with Crippen molar-refractivity contribution in [1.82, 2.24) is 14.9 Å². The molecule has 0 aliphatic carbocycles. The van der Waals surface area contributed by atoms with Gasteiger partial charge in [-0.1, -0.05) is 0 Å². The Balaban J connectivity index is 1.97. The Morgan fingerprint density at radius 1 is 1.38 bits per heavy atom. The first-order valence-corrected chi connectivity index (χ1v) is 9.15. The van der Waals surface area contributed by atoms with Crippen molar-refractivity contribution in [2.75, 3.05) is 57.2 Å². The summed E-state index contributed by atoms with van der Waals surface area (Å²) in [6.45, 7) is 5.67. The fourth-order valence-corrected chi connectivity index (χ4v) is 3.18. The van der Waals surface area contributed by atoms with Crippen LogP contribution in [0.2, 0.25) is 0 Å². The van der Waals surface area contributed by atoms with E-state index < -0.39 is 12.3 Å². The summed E-state index contributed by atoms with van der Waals surface area (Å²) in [6.07, 6.45) is 0.829. The smallest absolute Gasteiger partial charge is 0.226 e. The average molecular weight is 369 g/mol. The highest BCUT2D eigenvalue weighted by molar-refractivity contribution is 5.45. The monoisotopic (exact) mass is 369 g/mol. The van der Waals surface area contributed by atoms with Crippen molar-refractivity contribution in [2.45, 2.75) is 44.7 Å². The number of alkyl halides is 1. The van der Waals surface area contributed by atoms with Crippen LogP contribution in [-0.4, -0.2) is 91.8 Å². The first kappa shape index (κ1) is 20.8. The minimum Gasteiger partial charge on any atom is -0.389 e. The molecule has 26 heavy (non-hydrogen) atoms. The SMILES string of the molecule is CC(C)OC[C@@H](O)CN(C)C[C@@H]1C[C@H](F)CN1c1ccnc(N(C)C)n1. The number of halogens is 1. The molecule has 0 amide bonds. The fraction of sp³-hybridized carbons (Fsp3) is 0.778. The van der Waals surface area contributed by atoms with Gasteiger partial charge in [0.1, 0.15) is 12.0 Å². The van der Waals surface area contributed by atoms with E-state index in [4.69, 9.17) is 4.74 Å². The molecule has 2 heterocycles. The molecular weight excluding hydrogens is 337 g/mol. The van der Waals surface area contributed by atoms with Crippen LogP contribution >= 0.6 is 0 Å². The molecule has 1 N–H and O–H groups in total. The van der Waals surface area contributed by atoms with Gasteiger partial charge in [-0.15, -0.1) is 0 Å². The number of anilines is 2. The van der Waals surface area contributed by atoms with Crippen molar-refractivity contribution in [3.05, 3.63) is 12.3 Å². The van der Waals surface area contributed by atoms with Crippen molar-refractivity contribution in [1.29, 1.82) is 0 Å². The molecule has 1 fully saturated rings. The number of aliphatic hydroxyl groups is 1. The van der Waals surface area contributed by atoms with Crippen molar-refractivity contribution < 1.29 is 14.2 Å². The van der Waals surface area contributed by atoms with Gasteiger partial charge in [-0.3, -0.25) is 0 Å². The van der Waals surface area contributed by atoms with Crippen LogP contribution < -0.4 is 9.80 Å². The summed E-state index contributed by atoms with van der Waals surface area (Å²) in [5.41, 5.74) is 0. The number of aliphatic hydroxyl groups excluding tert-OH is 1. The number of hydrogen-bond acceptors (Lipinski definition) is 7. The number of hydrogen-bond donors (Lipinski definition) is 1. The summed E-state index contributed by atoms with van der Waals surface area (Å²) < 4.78 is 19.6. The van der Waals surface area contributed by atoms with E-state index in [1.54, 1.807) is 6.20 Å². The maximum Gasteiger partial charge on any atom is 0.226 e. The maximum atomic E-state index is 14.1. The molecule has 1 saturated heterocycles. The van der Waals surface area contributed by atoms with Gasteiger partial charge in [0.05, 0.1) is 25.4 Å². The molecular formula is C18H32FN5O2. The van der Waals surface area contributed by atoms with E-state index in [0.717, 1.165) is 5.82 Å². The van der Waals surface area contributed by atoms with E-state index in [9.17, 15) is 9.50 Å². The molecule has 7 nitrogen and oxygen atoms in total. The Kier molecular flexibility index (Phi) is 7.55. The van der Waals surface area contributed by atoms with Gasteiger partial charge in [-0.05, 0) is 27.0 Å². The van der Waals surface area contributed by atoms with Gasteiger partial charge in [0.25, 0.3) is 0 Å². The van der Waals surface area contributed by atoms with Crippen LogP contribution in [0.1, 0.15) is 20.3 Å². The Morgan fingerprint density at radius 3 is 2.77 bits per heavy atom. The first-order valence-electron chi connectivity index (χ1n) is 9.15. The Morgan fingerprint density at radius 2 is 2.12 bits per heavy atom. The third-order valence-corrected chi connectivity index (χ3v) is 4.35. The van der Waals surface area contributed by atoms with Crippen LogP contribution in [0.4, 0.5) is 16.2 Å². The lowest BCUT2D eigenvalue weighted by atomic mass is 10.2. The van der Waals surface area contributed by atoms with E-state index in [2.05, 4.69) is 9.97 Å². The zero-order chi connectivity index (χ0) is 19.3. The zero-order valence-corrected chi connectivity index (χ0v) is 16.5. The maximum absolute atomic E-state index is 14.1. The van der Waals surface area contributed by atoms with E-state index in [-0.39, 0.29) is 12.1 Å². The highest BCUT2D eigenvalue weighted by atomic mass is 19.1. The molecule has 0 spiro atoms. The number of likely N-dealkylation sites (N-methyl/N-ethyl adjacent to an activating group) is 1. The second-order valence-electron chi connectivity index (χ2n) is 7.51. The van der Waals surface area contributed by atoms with Crippen molar-refractivity contribution in [3.8, 4) is 0 Å². The van der Waals surface area contributed by atoms with Crippen LogP contribution in [0, 0.1) is 0 Å². The van der Waals surface area contributed by atoms with Crippen LogP contribution in [0.25, 0.3) is 0 Å². The fourth-order valence-electron chi connectivity index (χ4n) is 3.18. The molecule has 8 heteroatoms. The van der Waals surface area contributed by atoms with Crippen LogP contribution in [-0.2, 0) is 4.74 Å². The lowest BCUT2D eigenvalue weighted by Crippen LogP contribution is -2.42. The zero-order valence-electron chi connectivity index (χ0n) is 16.5. The van der Waals surface area contributed by atoms with Gasteiger partial charge in [-0.25, -0.2) is 9.37 Å². The molecule has 0 saturated carbocycles. The number of rotatable bonds is 9. The Labute approximate surface area is 155 Å². The molecule has 1 aliphatic heterocycles. The topological polar surface area (TPSA) is 65.0 Å². The third kappa shape index (κ3) is 6.03. The van der Waals surface area contributed by atoms with E-state index in [0.29, 0.717) is 38.6 Å². The highest BCUT2D eigenvalue weighted by Crippen LogP contribution is 2.27. The standard InChI is InChI=1S/C18H32FN5O2/c1-13(2)26-12-16(25)11-23(5)10-15-8-14(19)9-24(15)17-6-7-20-18(21-17)22(3)4/h6-7,13-16,25H,8-12H2,1-5H3/t14-,15-,16-/m0/s1. The summed E-state index contributed by atoms with van der Waals surface area (Å²) >= 11 is 0. The van der Waals surface area contributed by atoms with Gasteiger partial charge in [0.15, 0.2) is 0 Å². The minimum atomic E-state index is -0.875. The number of nitrogens with zero attached hydrogens (tertiary/aromatic N) is 5. The molecule has 0 radical (unpaired) electrons. The second kappa shape index (κ2) is 9.43. The van der Waals surface area contributed by atoms with Crippen molar-refractivity contribution in [2.24, 2.45) is 0 Å². The largest absolute Gasteiger partial charge is 0.389 e. The summed E-state index contributed by atoms with van der Waals surface area (Å²) in [7, 11) is 5.70. The minimum absolute atomic E-state index is 0.0122. The van der Waals surface area contributed by atoms with Crippen LogP contribution in [0.5, 0.6) is 0 Å². The third-order valence-electron chi connectivity index (χ3n) is 4.35. The van der Waals surface area contributed by atoms with Gasteiger partial charge in [0.2, 0.25) is 5.95 Å². The van der Waals surface area contributed by atoms with Crippen LogP contribution in [0.3, 0.4) is 0 Å². The van der Waals surface area contributed by atoms with Crippen molar-refractivity contribution >= 4 is 11.8 Å². The summed E-state index contributed by atoms with van der Waals surface area (Å²) in [5, 5.41) is 10.1. The second-order valence-corrected chi connectivity index (χ2v) is 7.51. The summed E-state index contributed by atoms with van der Waals surface area (Å²) in [4.78, 5) is 14.6. The van der Waals surface area contributed by atoms with Gasteiger partial charge in [-0.2, -0.15) is 4.98 Å². The molecule has 2 rings (SSSR count). The van der Waals surface area contributed by atoms with Gasteiger partial charge < -0.3 is 24.5 Å². The predicted octanol–water partition coefficient (Wildman–Crippen LogP) is 1.18. The molecule has 148 valence electrons. The van der Waals surface area contributed by atoms with Gasteiger partial charge in [0, 0.05) is 45.8 Å². The summed E-state index contributed by atoms with van der Waals surface area (Å²) in [6, 6.07) is 1.83. The normalized spacial score (nSPS) is 21.7. The highest BCUT2D eigenvalue weighted by Gasteiger charge is 2.34. The molecule has 1 aliphatic rings. The molecule has 1 aromatic rings. The average Bonchev–Trinajstić information content (AvgIpc) is 2.93. The molecule has 0 bridgehead atoms. The number of ether oxygens (including phenoxy) is 1. The quantitative estimate of drug-likeness (QED) is 0.701. The molecule has 0 aromatic carbocycles. The Hall–Kier alpha value is -1.51. The first-order chi connectivity index (χ1) is 12.3. The lowest BCUT2D eigenvalue weighted by molar-refractivity contribution is -0.00602. The molecule has 1 aromatic heterocycles. The Bertz CT molecular complexity index is 560. The van der Waals surface area contributed by atoms with E-state index in [1.165, 1.54) is 0 Å². The predicted molar refractivity (Wildman–Crippen MR) is 102 cm³/mol. The molecule has 3 atom stereocenters. The number of aromatic nitrogens is 2. The van der Waals surface area contributed by atoms with Crippen molar-refractivity contribution in [3.63, 3.8) is 0 Å².